The van der Waals surface area contributed by atoms with Crippen molar-refractivity contribution in [2.24, 2.45) is 0 Å². The summed E-state index contributed by atoms with van der Waals surface area (Å²) < 4.78 is 5.71. The molecule has 0 saturated heterocycles. The van der Waals surface area contributed by atoms with Crippen molar-refractivity contribution in [1.82, 2.24) is 9.97 Å². The molecule has 2 heterocycles. The van der Waals surface area contributed by atoms with Gasteiger partial charge in [0, 0.05) is 11.5 Å². The minimum atomic E-state index is 0.347. The molecule has 3 rings (SSSR count). The Balaban J connectivity index is 1.78. The van der Waals surface area contributed by atoms with E-state index in [0.29, 0.717) is 21.9 Å². The predicted molar refractivity (Wildman–Crippen MR) is 77.2 cm³/mol. The summed E-state index contributed by atoms with van der Waals surface area (Å²) in [6.45, 7) is 0. The van der Waals surface area contributed by atoms with Crippen LogP contribution in [0.2, 0.25) is 5.15 Å². The minimum Gasteiger partial charge on any atom is -0.460 e. The fourth-order valence-electron chi connectivity index (χ4n) is 1.72. The Morgan fingerprint density at radius 1 is 1.21 bits per heavy atom. The average Bonchev–Trinajstić information content (AvgIpc) is 2.78. The van der Waals surface area contributed by atoms with Gasteiger partial charge >= 0.3 is 0 Å². The van der Waals surface area contributed by atoms with Crippen LogP contribution in [-0.4, -0.2) is 9.97 Å². The molecule has 0 aliphatic carbocycles. The summed E-state index contributed by atoms with van der Waals surface area (Å²) in [5, 5.41) is 1.98. The van der Waals surface area contributed by atoms with Crippen LogP contribution < -0.4 is 5.73 Å². The van der Waals surface area contributed by atoms with Crippen molar-refractivity contribution in [3.63, 3.8) is 0 Å². The van der Waals surface area contributed by atoms with Crippen LogP contribution in [0.15, 0.2) is 46.0 Å². The molecular formula is C13H10ClN3OS. The molecule has 0 aliphatic heterocycles. The molecule has 1 aromatic carbocycles. The first-order valence-electron chi connectivity index (χ1n) is 5.61. The fourth-order valence-corrected chi connectivity index (χ4v) is 2.71. The Hall–Kier alpha value is -1.72. The number of nitrogen functional groups attached to an aromatic ring is 1. The van der Waals surface area contributed by atoms with Gasteiger partial charge in [0.1, 0.15) is 22.3 Å². The first kappa shape index (κ1) is 12.3. The number of anilines is 1. The van der Waals surface area contributed by atoms with Gasteiger partial charge in [-0.2, -0.15) is 0 Å². The number of nitrogens with zero attached hydrogens (tertiary/aromatic N) is 2. The van der Waals surface area contributed by atoms with Crippen molar-refractivity contribution >= 4 is 40.1 Å². The van der Waals surface area contributed by atoms with E-state index in [0.717, 1.165) is 16.7 Å². The highest BCUT2D eigenvalue weighted by atomic mass is 35.5. The van der Waals surface area contributed by atoms with Crippen molar-refractivity contribution in [3.8, 4) is 0 Å². The molecule has 0 fully saturated rings. The summed E-state index contributed by atoms with van der Waals surface area (Å²) in [4.78, 5) is 8.21. The van der Waals surface area contributed by atoms with Crippen molar-refractivity contribution in [2.45, 2.75) is 10.9 Å². The highest BCUT2D eigenvalue weighted by Gasteiger charge is 2.06. The molecule has 0 aliphatic rings. The Labute approximate surface area is 119 Å². The third-order valence-corrected chi connectivity index (χ3v) is 3.58. The normalized spacial score (nSPS) is 11.0. The summed E-state index contributed by atoms with van der Waals surface area (Å²) in [6.07, 6.45) is 0. The Morgan fingerprint density at radius 3 is 2.84 bits per heavy atom. The number of thioether (sulfide) groups is 1. The quantitative estimate of drug-likeness (QED) is 0.452. The number of benzene rings is 1. The lowest BCUT2D eigenvalue weighted by Crippen LogP contribution is -1.94. The van der Waals surface area contributed by atoms with Crippen LogP contribution in [0, 0.1) is 0 Å². The summed E-state index contributed by atoms with van der Waals surface area (Å²) in [6, 6.07) is 11.4. The van der Waals surface area contributed by atoms with E-state index in [2.05, 4.69) is 9.97 Å². The van der Waals surface area contributed by atoms with Crippen LogP contribution in [0.5, 0.6) is 0 Å². The smallest absolute Gasteiger partial charge is 0.191 e. The van der Waals surface area contributed by atoms with Crippen molar-refractivity contribution in [2.75, 3.05) is 5.73 Å². The molecule has 4 nitrogen and oxygen atoms in total. The molecule has 0 atom stereocenters. The number of rotatable bonds is 3. The maximum Gasteiger partial charge on any atom is 0.191 e. The van der Waals surface area contributed by atoms with E-state index in [4.69, 9.17) is 21.8 Å². The molecule has 3 aromatic rings. The van der Waals surface area contributed by atoms with E-state index in [-0.39, 0.29) is 0 Å². The molecule has 0 spiro atoms. The van der Waals surface area contributed by atoms with Crippen LogP contribution >= 0.6 is 23.4 Å². The van der Waals surface area contributed by atoms with E-state index in [9.17, 15) is 0 Å². The monoisotopic (exact) mass is 291 g/mol. The lowest BCUT2D eigenvalue weighted by Gasteiger charge is -2.00. The molecule has 0 radical (unpaired) electrons. The summed E-state index contributed by atoms with van der Waals surface area (Å²) >= 11 is 7.26. The second-order valence-electron chi connectivity index (χ2n) is 3.94. The molecule has 6 heteroatoms. The summed E-state index contributed by atoms with van der Waals surface area (Å²) in [5.74, 6) is 1.87. The van der Waals surface area contributed by atoms with Gasteiger partial charge < -0.3 is 10.2 Å². The van der Waals surface area contributed by atoms with Crippen LogP contribution in [0.3, 0.4) is 0 Å². The molecule has 0 amide bonds. The van der Waals surface area contributed by atoms with Crippen LogP contribution in [0.4, 0.5) is 5.82 Å². The van der Waals surface area contributed by atoms with Crippen molar-refractivity contribution in [3.05, 3.63) is 47.3 Å². The topological polar surface area (TPSA) is 64.9 Å². The molecule has 0 unspecified atom stereocenters. The minimum absolute atomic E-state index is 0.347. The number of furan rings is 1. The summed E-state index contributed by atoms with van der Waals surface area (Å²) in [5.41, 5.74) is 6.50. The van der Waals surface area contributed by atoms with Gasteiger partial charge in [0.05, 0.1) is 5.75 Å². The van der Waals surface area contributed by atoms with Crippen LogP contribution in [0.25, 0.3) is 11.0 Å². The van der Waals surface area contributed by atoms with Crippen molar-refractivity contribution < 1.29 is 4.42 Å². The molecule has 0 bridgehead atoms. The summed E-state index contributed by atoms with van der Waals surface area (Å²) in [7, 11) is 0. The van der Waals surface area contributed by atoms with Gasteiger partial charge in [-0.1, -0.05) is 41.6 Å². The number of aromatic nitrogens is 2. The Kier molecular flexibility index (Phi) is 3.31. The van der Waals surface area contributed by atoms with Gasteiger partial charge in [0.2, 0.25) is 0 Å². The Morgan fingerprint density at radius 2 is 2.05 bits per heavy atom. The standard InChI is InChI=1S/C13H10ClN3OS/c14-11-6-12(15)17-13(16-11)19-7-9-5-8-3-1-2-4-10(8)18-9/h1-6H,7H2,(H2,15,16,17). The SMILES string of the molecule is Nc1cc(Cl)nc(SCc2cc3ccccc3o2)n1. The number of fused-ring (bicyclic) bond motifs is 1. The number of halogens is 1. The highest BCUT2D eigenvalue weighted by Crippen LogP contribution is 2.26. The van der Waals surface area contributed by atoms with Gasteiger partial charge in [0.15, 0.2) is 5.16 Å². The second kappa shape index (κ2) is 5.11. The molecule has 19 heavy (non-hydrogen) atoms. The maximum absolute atomic E-state index is 5.83. The average molecular weight is 292 g/mol. The Bertz CT molecular complexity index is 675. The number of hydrogen-bond donors (Lipinski definition) is 1. The third kappa shape index (κ3) is 2.83. The van der Waals surface area contributed by atoms with Crippen LogP contribution in [0.1, 0.15) is 5.76 Å². The van der Waals surface area contributed by atoms with E-state index >= 15 is 0 Å². The zero-order chi connectivity index (χ0) is 13.2. The first-order chi connectivity index (χ1) is 9.20. The molecule has 2 aromatic heterocycles. The lowest BCUT2D eigenvalue weighted by atomic mass is 10.2. The van der Waals surface area contributed by atoms with Crippen LogP contribution in [-0.2, 0) is 5.75 Å². The largest absolute Gasteiger partial charge is 0.460 e. The van der Waals surface area contributed by atoms with Gasteiger partial charge in [-0.3, -0.25) is 0 Å². The molecular weight excluding hydrogens is 282 g/mol. The maximum atomic E-state index is 5.83. The zero-order valence-electron chi connectivity index (χ0n) is 9.84. The lowest BCUT2D eigenvalue weighted by molar-refractivity contribution is 0.574. The fraction of sp³-hybridized carbons (Fsp3) is 0.0769. The van der Waals surface area contributed by atoms with Gasteiger partial charge in [0.25, 0.3) is 0 Å². The van der Waals surface area contributed by atoms with Gasteiger partial charge in [-0.25, -0.2) is 9.97 Å². The third-order valence-electron chi connectivity index (χ3n) is 2.51. The van der Waals surface area contributed by atoms with E-state index in [1.54, 1.807) is 0 Å². The first-order valence-corrected chi connectivity index (χ1v) is 6.97. The van der Waals surface area contributed by atoms with Gasteiger partial charge in [-0.05, 0) is 12.1 Å². The second-order valence-corrected chi connectivity index (χ2v) is 5.27. The number of nitrogens with two attached hydrogens (primary N) is 1. The number of hydrogen-bond acceptors (Lipinski definition) is 5. The number of para-hydroxylation sites is 1. The zero-order valence-corrected chi connectivity index (χ0v) is 11.4. The van der Waals surface area contributed by atoms with E-state index in [1.807, 2.05) is 30.3 Å². The van der Waals surface area contributed by atoms with E-state index in [1.165, 1.54) is 17.8 Å². The highest BCUT2D eigenvalue weighted by molar-refractivity contribution is 7.98. The predicted octanol–water partition coefficient (Wildman–Crippen LogP) is 3.75. The van der Waals surface area contributed by atoms with Gasteiger partial charge in [-0.15, -0.1) is 0 Å². The van der Waals surface area contributed by atoms with E-state index < -0.39 is 0 Å². The molecule has 0 saturated carbocycles. The molecule has 96 valence electrons. The molecule has 2 N–H and O–H groups in total. The van der Waals surface area contributed by atoms with Crippen molar-refractivity contribution in [1.29, 1.82) is 0 Å².